The van der Waals surface area contributed by atoms with Crippen molar-refractivity contribution in [3.63, 3.8) is 0 Å². The van der Waals surface area contributed by atoms with Gasteiger partial charge in [-0.1, -0.05) is 12.1 Å². The standard InChI is InChI=1S/C15H19N3O3/c1-9-12(10-5-7-11(8-6-10)18(2)3)16-15(20)17-13(9)14(19)21-4/h5-8,12H,1-4H3,(H2,16,17,20)/t12-/m1/s1. The molecule has 0 aromatic heterocycles. The summed E-state index contributed by atoms with van der Waals surface area (Å²) >= 11 is 0. The molecule has 21 heavy (non-hydrogen) atoms. The fourth-order valence-electron chi connectivity index (χ4n) is 2.24. The van der Waals surface area contributed by atoms with Crippen LogP contribution in [0.15, 0.2) is 35.5 Å². The molecule has 0 spiro atoms. The molecule has 1 heterocycles. The van der Waals surface area contributed by atoms with Gasteiger partial charge in [-0.2, -0.15) is 0 Å². The molecule has 2 amide bonds. The van der Waals surface area contributed by atoms with E-state index in [1.165, 1.54) is 7.11 Å². The summed E-state index contributed by atoms with van der Waals surface area (Å²) in [5.74, 6) is -0.544. The Morgan fingerprint density at radius 2 is 1.86 bits per heavy atom. The first-order chi connectivity index (χ1) is 9.93. The van der Waals surface area contributed by atoms with Crippen LogP contribution in [-0.4, -0.2) is 33.2 Å². The summed E-state index contributed by atoms with van der Waals surface area (Å²) in [4.78, 5) is 25.4. The minimum absolute atomic E-state index is 0.197. The van der Waals surface area contributed by atoms with Crippen molar-refractivity contribution >= 4 is 17.7 Å². The number of carbonyl (C=O) groups excluding carboxylic acids is 2. The molecule has 0 unspecified atom stereocenters. The molecule has 1 aliphatic heterocycles. The van der Waals surface area contributed by atoms with Crippen LogP contribution >= 0.6 is 0 Å². The highest BCUT2D eigenvalue weighted by Crippen LogP contribution is 2.27. The van der Waals surface area contributed by atoms with Gasteiger partial charge in [-0.15, -0.1) is 0 Å². The van der Waals surface area contributed by atoms with Crippen molar-refractivity contribution in [3.8, 4) is 0 Å². The summed E-state index contributed by atoms with van der Waals surface area (Å²) in [6, 6.07) is 7.05. The average molecular weight is 289 g/mol. The lowest BCUT2D eigenvalue weighted by Crippen LogP contribution is -2.45. The molecule has 1 aromatic carbocycles. The molecule has 0 radical (unpaired) electrons. The maximum Gasteiger partial charge on any atom is 0.354 e. The van der Waals surface area contributed by atoms with E-state index in [0.29, 0.717) is 0 Å². The second-order valence-corrected chi connectivity index (χ2v) is 5.07. The lowest BCUT2D eigenvalue weighted by atomic mass is 9.96. The molecule has 0 saturated heterocycles. The van der Waals surface area contributed by atoms with Gasteiger partial charge in [0, 0.05) is 19.8 Å². The fraction of sp³-hybridized carbons (Fsp3) is 0.333. The van der Waals surface area contributed by atoms with Gasteiger partial charge >= 0.3 is 12.0 Å². The van der Waals surface area contributed by atoms with Crippen LogP contribution in [-0.2, 0) is 9.53 Å². The number of amides is 2. The Morgan fingerprint density at radius 3 is 2.38 bits per heavy atom. The number of rotatable bonds is 3. The molecule has 0 fully saturated rings. The minimum atomic E-state index is -0.544. The Kier molecular flexibility index (Phi) is 4.16. The summed E-state index contributed by atoms with van der Waals surface area (Å²) in [5.41, 5.74) is 2.89. The van der Waals surface area contributed by atoms with Gasteiger partial charge in [0.25, 0.3) is 0 Å². The van der Waals surface area contributed by atoms with Crippen LogP contribution in [0.5, 0.6) is 0 Å². The molecule has 1 aromatic rings. The number of nitrogens with zero attached hydrogens (tertiary/aromatic N) is 1. The number of urea groups is 1. The number of hydrogen-bond donors (Lipinski definition) is 2. The van der Waals surface area contributed by atoms with E-state index in [2.05, 4.69) is 10.6 Å². The van der Waals surface area contributed by atoms with Crippen molar-refractivity contribution in [2.45, 2.75) is 13.0 Å². The summed E-state index contributed by atoms with van der Waals surface area (Å²) in [7, 11) is 5.21. The Labute approximate surface area is 123 Å². The van der Waals surface area contributed by atoms with Crippen LogP contribution in [0.3, 0.4) is 0 Å². The van der Waals surface area contributed by atoms with Crippen LogP contribution in [0.1, 0.15) is 18.5 Å². The SMILES string of the molecule is COC(=O)C1=C(C)[C@H](c2ccc(N(C)C)cc2)NC(=O)N1. The van der Waals surface area contributed by atoms with Crippen LogP contribution in [0.4, 0.5) is 10.5 Å². The van der Waals surface area contributed by atoms with Gasteiger partial charge in [0.1, 0.15) is 5.70 Å². The maximum atomic E-state index is 11.7. The van der Waals surface area contributed by atoms with Gasteiger partial charge < -0.3 is 20.3 Å². The first kappa shape index (κ1) is 14.9. The molecule has 0 saturated carbocycles. The van der Waals surface area contributed by atoms with E-state index in [1.807, 2.05) is 43.3 Å². The van der Waals surface area contributed by atoms with Crippen LogP contribution in [0, 0.1) is 0 Å². The van der Waals surface area contributed by atoms with E-state index in [9.17, 15) is 9.59 Å². The maximum absolute atomic E-state index is 11.7. The highest BCUT2D eigenvalue weighted by atomic mass is 16.5. The second-order valence-electron chi connectivity index (χ2n) is 5.07. The normalized spacial score (nSPS) is 17.9. The molecule has 0 aliphatic carbocycles. The van der Waals surface area contributed by atoms with E-state index in [4.69, 9.17) is 4.74 Å². The van der Waals surface area contributed by atoms with E-state index in [0.717, 1.165) is 16.8 Å². The zero-order valence-corrected chi connectivity index (χ0v) is 12.6. The van der Waals surface area contributed by atoms with Gasteiger partial charge in [-0.05, 0) is 30.2 Å². The van der Waals surface area contributed by atoms with E-state index < -0.39 is 12.0 Å². The Hall–Kier alpha value is -2.50. The summed E-state index contributed by atoms with van der Waals surface area (Å²) < 4.78 is 4.70. The number of nitrogens with one attached hydrogen (secondary N) is 2. The smallest absolute Gasteiger partial charge is 0.354 e. The third-order valence-corrected chi connectivity index (χ3v) is 3.47. The average Bonchev–Trinajstić information content (AvgIpc) is 2.48. The van der Waals surface area contributed by atoms with E-state index >= 15 is 0 Å². The number of benzene rings is 1. The molecular formula is C15H19N3O3. The number of esters is 1. The van der Waals surface area contributed by atoms with Crippen LogP contribution in [0.2, 0.25) is 0 Å². The fourth-order valence-corrected chi connectivity index (χ4v) is 2.24. The van der Waals surface area contributed by atoms with Crippen molar-refractivity contribution in [2.24, 2.45) is 0 Å². The Bertz CT molecular complexity index is 591. The first-order valence-corrected chi connectivity index (χ1v) is 6.58. The molecule has 112 valence electrons. The lowest BCUT2D eigenvalue weighted by Gasteiger charge is -2.28. The Balaban J connectivity index is 2.37. The number of carbonyl (C=O) groups is 2. The predicted octanol–water partition coefficient (Wildman–Crippen LogP) is 1.55. The first-order valence-electron chi connectivity index (χ1n) is 6.58. The monoisotopic (exact) mass is 289 g/mol. The van der Waals surface area contributed by atoms with E-state index in [-0.39, 0.29) is 11.7 Å². The van der Waals surface area contributed by atoms with Gasteiger partial charge in [-0.3, -0.25) is 0 Å². The topological polar surface area (TPSA) is 70.7 Å². The minimum Gasteiger partial charge on any atom is -0.464 e. The number of hydrogen-bond acceptors (Lipinski definition) is 4. The quantitative estimate of drug-likeness (QED) is 0.828. The lowest BCUT2D eigenvalue weighted by molar-refractivity contribution is -0.136. The summed E-state index contributed by atoms with van der Waals surface area (Å²) in [5, 5.41) is 5.30. The van der Waals surface area contributed by atoms with Gasteiger partial charge in [0.15, 0.2) is 0 Å². The third-order valence-electron chi connectivity index (χ3n) is 3.47. The van der Waals surface area contributed by atoms with Crippen LogP contribution < -0.4 is 15.5 Å². The molecule has 2 N–H and O–H groups in total. The molecule has 1 atom stereocenters. The van der Waals surface area contributed by atoms with Gasteiger partial charge in [0.2, 0.25) is 0 Å². The van der Waals surface area contributed by atoms with E-state index in [1.54, 1.807) is 6.92 Å². The van der Waals surface area contributed by atoms with Crippen molar-refractivity contribution in [1.29, 1.82) is 0 Å². The highest BCUT2D eigenvalue weighted by molar-refractivity contribution is 5.96. The zero-order chi connectivity index (χ0) is 15.6. The largest absolute Gasteiger partial charge is 0.464 e. The highest BCUT2D eigenvalue weighted by Gasteiger charge is 2.29. The third kappa shape index (κ3) is 2.99. The van der Waals surface area contributed by atoms with Gasteiger partial charge in [-0.25, -0.2) is 9.59 Å². The summed E-state index contributed by atoms with van der Waals surface area (Å²) in [6.45, 7) is 1.79. The van der Waals surface area contributed by atoms with Crippen molar-refractivity contribution in [3.05, 3.63) is 41.1 Å². The van der Waals surface area contributed by atoms with Crippen LogP contribution in [0.25, 0.3) is 0 Å². The van der Waals surface area contributed by atoms with Gasteiger partial charge in [0.05, 0.1) is 13.2 Å². The molecule has 1 aliphatic rings. The zero-order valence-electron chi connectivity index (χ0n) is 12.6. The molecule has 2 rings (SSSR count). The Morgan fingerprint density at radius 1 is 1.24 bits per heavy atom. The molecular weight excluding hydrogens is 270 g/mol. The van der Waals surface area contributed by atoms with Crippen molar-refractivity contribution in [2.75, 3.05) is 26.1 Å². The number of methoxy groups -OCH3 is 1. The molecule has 6 nitrogen and oxygen atoms in total. The summed E-state index contributed by atoms with van der Waals surface area (Å²) in [6.07, 6.45) is 0. The predicted molar refractivity (Wildman–Crippen MR) is 79.9 cm³/mol. The molecule has 6 heteroatoms. The van der Waals surface area contributed by atoms with Crippen molar-refractivity contribution < 1.29 is 14.3 Å². The number of anilines is 1. The van der Waals surface area contributed by atoms with Crippen molar-refractivity contribution in [1.82, 2.24) is 10.6 Å². The molecule has 0 bridgehead atoms. The second kappa shape index (κ2) is 5.87. The number of ether oxygens (including phenoxy) is 1.